The third-order valence-corrected chi connectivity index (χ3v) is 6.23. The highest BCUT2D eigenvalue weighted by atomic mass is 16.6. The molecule has 0 unspecified atom stereocenters. The summed E-state index contributed by atoms with van der Waals surface area (Å²) >= 11 is 0. The minimum atomic E-state index is -0.801. The van der Waals surface area contributed by atoms with Gasteiger partial charge in [0.05, 0.1) is 12.0 Å². The van der Waals surface area contributed by atoms with Crippen molar-refractivity contribution < 1.29 is 23.8 Å². The van der Waals surface area contributed by atoms with Crippen LogP contribution in [0, 0.1) is 11.8 Å². The van der Waals surface area contributed by atoms with Crippen LogP contribution in [0.1, 0.15) is 86.5 Å². The summed E-state index contributed by atoms with van der Waals surface area (Å²) in [7, 11) is 0. The lowest BCUT2D eigenvalue weighted by Crippen LogP contribution is -2.51. The molecule has 0 bridgehead atoms. The van der Waals surface area contributed by atoms with Gasteiger partial charge in [0.1, 0.15) is 23.5 Å². The number of carbonyl (C=O) groups excluding carboxylic acids is 2. The van der Waals surface area contributed by atoms with Crippen LogP contribution in [0.5, 0.6) is 0 Å². The Hall–Kier alpha value is -1.30. The van der Waals surface area contributed by atoms with Gasteiger partial charge in [-0.2, -0.15) is 0 Å². The first-order chi connectivity index (χ1) is 13.0. The Morgan fingerprint density at radius 3 is 2.39 bits per heavy atom. The Balaban J connectivity index is 1.86. The second-order valence-electron chi connectivity index (χ2n) is 10.3. The zero-order valence-electron chi connectivity index (χ0n) is 18.3. The van der Waals surface area contributed by atoms with Gasteiger partial charge in [-0.25, -0.2) is 4.79 Å². The number of hydrogen-bond acceptors (Lipinski definition) is 5. The van der Waals surface area contributed by atoms with E-state index >= 15 is 0 Å². The normalized spacial score (nSPS) is 33.8. The second-order valence-corrected chi connectivity index (χ2v) is 10.3. The zero-order valence-corrected chi connectivity index (χ0v) is 18.3. The topological polar surface area (TPSA) is 65.1 Å². The molecule has 1 amide bonds. The van der Waals surface area contributed by atoms with Crippen molar-refractivity contribution in [2.75, 3.05) is 0 Å². The van der Waals surface area contributed by atoms with Gasteiger partial charge in [0.25, 0.3) is 0 Å². The van der Waals surface area contributed by atoms with E-state index in [0.717, 1.165) is 6.42 Å². The summed E-state index contributed by atoms with van der Waals surface area (Å²) in [6.07, 6.45) is 6.71. The van der Waals surface area contributed by atoms with E-state index in [4.69, 9.17) is 14.2 Å². The van der Waals surface area contributed by atoms with E-state index in [2.05, 4.69) is 0 Å². The lowest BCUT2D eigenvalue weighted by atomic mass is 9.82. The number of hydrogen-bond donors (Lipinski definition) is 0. The van der Waals surface area contributed by atoms with E-state index in [9.17, 15) is 9.59 Å². The first kappa shape index (κ1) is 21.4. The van der Waals surface area contributed by atoms with E-state index in [1.807, 2.05) is 41.5 Å². The van der Waals surface area contributed by atoms with E-state index in [1.165, 1.54) is 32.1 Å². The summed E-state index contributed by atoms with van der Waals surface area (Å²) in [6, 6.07) is -0.143. The van der Waals surface area contributed by atoms with Crippen molar-refractivity contribution in [2.45, 2.75) is 116 Å². The molecular weight excluding hydrogens is 358 g/mol. The van der Waals surface area contributed by atoms with Crippen LogP contribution in [-0.4, -0.2) is 46.5 Å². The number of amides is 1. The third kappa shape index (κ3) is 4.64. The van der Waals surface area contributed by atoms with Gasteiger partial charge in [0.15, 0.2) is 0 Å². The van der Waals surface area contributed by atoms with Gasteiger partial charge in [-0.3, -0.25) is 9.69 Å². The highest BCUT2D eigenvalue weighted by molar-refractivity contribution is 5.74. The Bertz CT molecular complexity index is 590. The Morgan fingerprint density at radius 1 is 1.21 bits per heavy atom. The fraction of sp³-hybridized carbons (Fsp3) is 0.909. The van der Waals surface area contributed by atoms with E-state index < -0.39 is 11.3 Å². The summed E-state index contributed by atoms with van der Waals surface area (Å²) in [6.45, 7) is 11.3. The Kier molecular flexibility index (Phi) is 6.00. The lowest BCUT2D eigenvalue weighted by Gasteiger charge is -2.37. The van der Waals surface area contributed by atoms with Crippen molar-refractivity contribution >= 4 is 12.1 Å². The largest absolute Gasteiger partial charge is 0.459 e. The highest BCUT2D eigenvalue weighted by Gasteiger charge is 2.56. The van der Waals surface area contributed by atoms with Crippen LogP contribution in [0.2, 0.25) is 0 Å². The summed E-state index contributed by atoms with van der Waals surface area (Å²) in [5.74, 6) is 0.277. The molecule has 1 saturated carbocycles. The van der Waals surface area contributed by atoms with Crippen LogP contribution in [0.25, 0.3) is 0 Å². The van der Waals surface area contributed by atoms with Crippen molar-refractivity contribution in [3.8, 4) is 0 Å². The molecule has 3 aliphatic rings. The monoisotopic (exact) mass is 395 g/mol. The molecule has 6 nitrogen and oxygen atoms in total. The maximum atomic E-state index is 13.1. The average Bonchev–Trinajstić information content (AvgIpc) is 3.03. The van der Waals surface area contributed by atoms with E-state index in [1.54, 1.807) is 4.90 Å². The number of cyclic esters (lactones) is 1. The smallest absolute Gasteiger partial charge is 0.412 e. The summed E-state index contributed by atoms with van der Waals surface area (Å²) < 4.78 is 17.8. The summed E-state index contributed by atoms with van der Waals surface area (Å²) in [5.41, 5.74) is -1.38. The molecule has 0 N–H and O–H groups in total. The Labute approximate surface area is 169 Å². The van der Waals surface area contributed by atoms with Crippen molar-refractivity contribution in [3.05, 3.63) is 0 Å². The van der Waals surface area contributed by atoms with Gasteiger partial charge in [0, 0.05) is 6.42 Å². The van der Waals surface area contributed by atoms with Gasteiger partial charge in [0.2, 0.25) is 0 Å². The van der Waals surface area contributed by atoms with Crippen LogP contribution >= 0.6 is 0 Å². The highest BCUT2D eigenvalue weighted by Crippen LogP contribution is 2.42. The first-order valence-electron chi connectivity index (χ1n) is 10.9. The second kappa shape index (κ2) is 7.85. The maximum Gasteiger partial charge on any atom is 0.412 e. The molecule has 2 saturated heterocycles. The minimum Gasteiger partial charge on any atom is -0.459 e. The molecule has 6 heteroatoms. The molecule has 4 atom stereocenters. The van der Waals surface area contributed by atoms with Gasteiger partial charge >= 0.3 is 12.1 Å². The number of carbonyl (C=O) groups is 2. The fourth-order valence-corrected chi connectivity index (χ4v) is 4.97. The molecule has 2 heterocycles. The molecule has 0 radical (unpaired) electrons. The standard InChI is InChI=1S/C22H37NO5/c1-14-12-17(26-19(14)24)18-16(13-15-10-8-7-9-11-15)23(22(5,6)27-18)20(25)28-21(2,3)4/h14-18H,7-13H2,1-6H3/t14-,16-,17-,18+/m0/s1. The van der Waals surface area contributed by atoms with Crippen LogP contribution in [0.3, 0.4) is 0 Å². The lowest BCUT2D eigenvalue weighted by molar-refractivity contribution is -0.152. The average molecular weight is 396 g/mol. The van der Waals surface area contributed by atoms with Gasteiger partial charge < -0.3 is 14.2 Å². The molecule has 0 aromatic carbocycles. The maximum absolute atomic E-state index is 13.1. The van der Waals surface area contributed by atoms with Gasteiger partial charge in [-0.15, -0.1) is 0 Å². The van der Waals surface area contributed by atoms with Crippen molar-refractivity contribution in [3.63, 3.8) is 0 Å². The number of ether oxygens (including phenoxy) is 3. The first-order valence-corrected chi connectivity index (χ1v) is 10.9. The Morgan fingerprint density at radius 2 is 1.86 bits per heavy atom. The quantitative estimate of drug-likeness (QED) is 0.651. The van der Waals surface area contributed by atoms with Crippen LogP contribution in [0.15, 0.2) is 0 Å². The van der Waals surface area contributed by atoms with Gasteiger partial charge in [-0.1, -0.05) is 39.0 Å². The molecule has 0 aromatic rings. The third-order valence-electron chi connectivity index (χ3n) is 6.23. The van der Waals surface area contributed by atoms with E-state index in [-0.39, 0.29) is 36.2 Å². The van der Waals surface area contributed by atoms with Crippen LogP contribution < -0.4 is 0 Å². The SMILES string of the molecule is C[C@H]1C[C@@H]([C@@H]2OC(C)(C)N(C(=O)OC(C)(C)C)[C@H]2CC2CCCCC2)OC1=O. The molecule has 3 rings (SSSR count). The summed E-state index contributed by atoms with van der Waals surface area (Å²) in [4.78, 5) is 26.9. The summed E-state index contributed by atoms with van der Waals surface area (Å²) in [5, 5.41) is 0. The molecule has 0 spiro atoms. The molecule has 0 aromatic heterocycles. The number of esters is 1. The molecule has 160 valence electrons. The predicted molar refractivity (Wildman–Crippen MR) is 106 cm³/mol. The molecule has 2 aliphatic heterocycles. The number of nitrogens with zero attached hydrogens (tertiary/aromatic N) is 1. The van der Waals surface area contributed by atoms with Crippen molar-refractivity contribution in [1.82, 2.24) is 4.90 Å². The van der Waals surface area contributed by atoms with Gasteiger partial charge in [-0.05, 0) is 47.0 Å². The molecule has 28 heavy (non-hydrogen) atoms. The van der Waals surface area contributed by atoms with Crippen LogP contribution in [0.4, 0.5) is 4.79 Å². The number of rotatable bonds is 3. The van der Waals surface area contributed by atoms with E-state index in [0.29, 0.717) is 12.3 Å². The molecule has 1 aliphatic carbocycles. The fourth-order valence-electron chi connectivity index (χ4n) is 4.97. The molecular formula is C22H37NO5. The van der Waals surface area contributed by atoms with Crippen molar-refractivity contribution in [2.24, 2.45) is 11.8 Å². The van der Waals surface area contributed by atoms with Crippen molar-refractivity contribution in [1.29, 1.82) is 0 Å². The van der Waals surface area contributed by atoms with Crippen LogP contribution in [-0.2, 0) is 19.0 Å². The predicted octanol–water partition coefficient (Wildman–Crippen LogP) is 4.65. The minimum absolute atomic E-state index is 0.123. The zero-order chi connectivity index (χ0) is 20.7. The molecule has 3 fully saturated rings.